The van der Waals surface area contributed by atoms with Gasteiger partial charge in [-0.3, -0.25) is 0 Å². The maximum Gasteiger partial charge on any atom is 0.187 e. The molecule has 0 spiro atoms. The lowest BCUT2D eigenvalue weighted by atomic mass is 9.97. The highest BCUT2D eigenvalue weighted by atomic mass is 16.7. The SMILES string of the molecule is OC[C@@H]1O[C@@H](O)[C@H](O)[C@H](O)[C@H]1O[C@H]1O[C@H](CO)[C@@H](O)[C@H](O)[C@H]1O. The molecule has 0 aromatic carbocycles. The fourth-order valence-corrected chi connectivity index (χ4v) is 2.57. The molecule has 2 aliphatic heterocycles. The van der Waals surface area contributed by atoms with E-state index in [1.54, 1.807) is 0 Å². The minimum Gasteiger partial charge on any atom is -0.394 e. The van der Waals surface area contributed by atoms with Gasteiger partial charge in [0.2, 0.25) is 0 Å². The van der Waals surface area contributed by atoms with Crippen molar-refractivity contribution in [3.8, 4) is 0 Å². The highest BCUT2D eigenvalue weighted by Crippen LogP contribution is 2.28. The van der Waals surface area contributed by atoms with Crippen LogP contribution in [0.2, 0.25) is 0 Å². The van der Waals surface area contributed by atoms with Crippen LogP contribution in [0.4, 0.5) is 0 Å². The second-order valence-corrected chi connectivity index (χ2v) is 5.53. The van der Waals surface area contributed by atoms with Crippen molar-refractivity contribution in [3.05, 3.63) is 0 Å². The quantitative estimate of drug-likeness (QED) is 0.243. The van der Waals surface area contributed by atoms with Gasteiger partial charge in [0.05, 0.1) is 13.2 Å². The molecule has 0 aliphatic carbocycles. The van der Waals surface area contributed by atoms with Crippen LogP contribution in [0, 0.1) is 0 Å². The first-order valence-electron chi connectivity index (χ1n) is 7.08. The molecule has 0 bridgehead atoms. The van der Waals surface area contributed by atoms with E-state index in [9.17, 15) is 35.7 Å². The Morgan fingerprint density at radius 3 is 1.83 bits per heavy atom. The molecule has 2 fully saturated rings. The van der Waals surface area contributed by atoms with E-state index in [1.807, 2.05) is 0 Å². The van der Waals surface area contributed by atoms with Gasteiger partial charge in [0.15, 0.2) is 12.6 Å². The van der Waals surface area contributed by atoms with Crippen molar-refractivity contribution in [2.24, 2.45) is 0 Å². The summed E-state index contributed by atoms with van der Waals surface area (Å²) < 4.78 is 15.3. The Morgan fingerprint density at radius 2 is 1.26 bits per heavy atom. The molecule has 0 radical (unpaired) electrons. The second kappa shape index (κ2) is 7.63. The topological polar surface area (TPSA) is 190 Å². The fraction of sp³-hybridized carbons (Fsp3) is 1.00. The van der Waals surface area contributed by atoms with Gasteiger partial charge in [-0.25, -0.2) is 0 Å². The molecule has 2 heterocycles. The van der Waals surface area contributed by atoms with Gasteiger partial charge in [-0.15, -0.1) is 0 Å². The lowest BCUT2D eigenvalue weighted by Gasteiger charge is -2.45. The third-order valence-electron chi connectivity index (χ3n) is 3.98. The Bertz CT molecular complexity index is 378. The lowest BCUT2D eigenvalue weighted by Crippen LogP contribution is -2.64. The zero-order valence-corrected chi connectivity index (χ0v) is 12.0. The normalized spacial score (nSPS) is 51.7. The van der Waals surface area contributed by atoms with Gasteiger partial charge >= 0.3 is 0 Å². The van der Waals surface area contributed by atoms with E-state index >= 15 is 0 Å². The number of hydrogen-bond donors (Lipinski definition) is 8. The molecule has 2 rings (SSSR count). The molecule has 0 unspecified atom stereocenters. The lowest BCUT2D eigenvalue weighted by molar-refractivity contribution is -0.355. The Hall–Kier alpha value is -0.440. The zero-order chi connectivity index (χ0) is 17.3. The van der Waals surface area contributed by atoms with E-state index in [1.165, 1.54) is 0 Å². The molecular weight excluding hydrogens is 320 g/mol. The molecule has 11 heteroatoms. The first kappa shape index (κ1) is 18.9. The monoisotopic (exact) mass is 342 g/mol. The summed E-state index contributed by atoms with van der Waals surface area (Å²) >= 11 is 0. The van der Waals surface area contributed by atoms with Crippen LogP contribution in [0.1, 0.15) is 0 Å². The summed E-state index contributed by atoms with van der Waals surface area (Å²) in [4.78, 5) is 0. The van der Waals surface area contributed by atoms with Crippen LogP contribution >= 0.6 is 0 Å². The van der Waals surface area contributed by atoms with Gasteiger partial charge < -0.3 is 55.1 Å². The molecule has 2 saturated heterocycles. The number of rotatable bonds is 4. The van der Waals surface area contributed by atoms with E-state index in [0.29, 0.717) is 0 Å². The predicted octanol–water partition coefficient (Wildman–Crippen LogP) is -5.40. The summed E-state index contributed by atoms with van der Waals surface area (Å²) in [5.41, 5.74) is 0. The van der Waals surface area contributed by atoms with Crippen molar-refractivity contribution in [1.29, 1.82) is 0 Å². The predicted molar refractivity (Wildman–Crippen MR) is 68.6 cm³/mol. The first-order chi connectivity index (χ1) is 10.8. The van der Waals surface area contributed by atoms with Crippen LogP contribution in [0.15, 0.2) is 0 Å². The maximum atomic E-state index is 9.94. The molecule has 11 nitrogen and oxygen atoms in total. The molecule has 136 valence electrons. The van der Waals surface area contributed by atoms with Crippen molar-refractivity contribution in [3.63, 3.8) is 0 Å². The van der Waals surface area contributed by atoms with Crippen LogP contribution in [-0.2, 0) is 14.2 Å². The summed E-state index contributed by atoms with van der Waals surface area (Å²) in [6.45, 7) is -1.35. The van der Waals surface area contributed by atoms with Gasteiger partial charge in [-0.1, -0.05) is 0 Å². The van der Waals surface area contributed by atoms with Gasteiger partial charge in [0, 0.05) is 0 Å². The standard InChI is InChI=1S/C12H22O11/c13-1-3-5(15)6(16)9(19)12(22-3)23-10-4(2-14)21-11(20)8(18)7(10)17/h3-20H,1-2H2/t3-,4+,5-,6+,7+,8-,9-,10+,11-,12-/m1/s1. The van der Waals surface area contributed by atoms with E-state index in [0.717, 1.165) is 0 Å². The fourth-order valence-electron chi connectivity index (χ4n) is 2.57. The van der Waals surface area contributed by atoms with Crippen molar-refractivity contribution in [2.45, 2.75) is 61.4 Å². The highest BCUT2D eigenvalue weighted by molar-refractivity contribution is 4.93. The Balaban J connectivity index is 2.11. The molecule has 10 atom stereocenters. The summed E-state index contributed by atoms with van der Waals surface area (Å²) in [5, 5.41) is 76.5. The van der Waals surface area contributed by atoms with Crippen molar-refractivity contribution >= 4 is 0 Å². The van der Waals surface area contributed by atoms with Crippen LogP contribution in [-0.4, -0.2) is 115 Å². The third kappa shape index (κ3) is 3.65. The average Bonchev–Trinajstić information content (AvgIpc) is 2.55. The Morgan fingerprint density at radius 1 is 0.652 bits per heavy atom. The number of aliphatic hydroxyl groups is 8. The minimum absolute atomic E-state index is 0.667. The van der Waals surface area contributed by atoms with Crippen LogP contribution in [0.5, 0.6) is 0 Å². The van der Waals surface area contributed by atoms with Crippen LogP contribution in [0.25, 0.3) is 0 Å². The summed E-state index contributed by atoms with van der Waals surface area (Å²) in [5.74, 6) is 0. The Kier molecular flexibility index (Phi) is 6.27. The molecular formula is C12H22O11. The third-order valence-corrected chi connectivity index (χ3v) is 3.98. The van der Waals surface area contributed by atoms with Crippen LogP contribution in [0.3, 0.4) is 0 Å². The summed E-state index contributed by atoms with van der Waals surface area (Å²) in [6, 6.07) is 0. The number of hydrogen-bond acceptors (Lipinski definition) is 11. The molecule has 0 aromatic rings. The van der Waals surface area contributed by atoms with Crippen molar-refractivity contribution in [1.82, 2.24) is 0 Å². The van der Waals surface area contributed by atoms with Gasteiger partial charge in [-0.05, 0) is 0 Å². The molecule has 0 saturated carbocycles. The largest absolute Gasteiger partial charge is 0.394 e. The van der Waals surface area contributed by atoms with Gasteiger partial charge in [-0.2, -0.15) is 0 Å². The summed E-state index contributed by atoms with van der Waals surface area (Å²) in [7, 11) is 0. The zero-order valence-electron chi connectivity index (χ0n) is 12.0. The van der Waals surface area contributed by atoms with E-state index < -0.39 is 74.6 Å². The minimum atomic E-state index is -1.74. The van der Waals surface area contributed by atoms with E-state index in [4.69, 9.17) is 19.3 Å². The van der Waals surface area contributed by atoms with E-state index in [-0.39, 0.29) is 0 Å². The molecule has 23 heavy (non-hydrogen) atoms. The number of ether oxygens (including phenoxy) is 3. The highest BCUT2D eigenvalue weighted by Gasteiger charge is 2.50. The van der Waals surface area contributed by atoms with Gasteiger partial charge in [0.25, 0.3) is 0 Å². The average molecular weight is 342 g/mol. The molecule has 0 amide bonds. The molecule has 0 aromatic heterocycles. The first-order valence-corrected chi connectivity index (χ1v) is 7.08. The van der Waals surface area contributed by atoms with Gasteiger partial charge in [0.1, 0.15) is 48.8 Å². The molecule has 8 N–H and O–H groups in total. The maximum absolute atomic E-state index is 9.94. The number of aliphatic hydroxyl groups excluding tert-OH is 8. The van der Waals surface area contributed by atoms with Crippen LogP contribution < -0.4 is 0 Å². The smallest absolute Gasteiger partial charge is 0.187 e. The van der Waals surface area contributed by atoms with E-state index in [2.05, 4.69) is 0 Å². The molecule has 2 aliphatic rings. The second-order valence-electron chi connectivity index (χ2n) is 5.53. The van der Waals surface area contributed by atoms with Crippen molar-refractivity contribution < 1.29 is 55.1 Å². The summed E-state index contributed by atoms with van der Waals surface area (Å²) in [6.07, 6.45) is -15.6. The Labute approximate surface area is 130 Å². The van der Waals surface area contributed by atoms with Crippen molar-refractivity contribution in [2.75, 3.05) is 13.2 Å².